The number of hydrogen-bond acceptors (Lipinski definition) is 3. The van der Waals surface area contributed by atoms with Gasteiger partial charge < -0.3 is 10.0 Å². The summed E-state index contributed by atoms with van der Waals surface area (Å²) in [5, 5.41) is 18.3. The van der Waals surface area contributed by atoms with E-state index < -0.39 is 7.12 Å². The second-order valence-corrected chi connectivity index (χ2v) is 6.02. The Morgan fingerprint density at radius 3 is 2.50 bits per heavy atom. The molecule has 0 aromatic heterocycles. The fourth-order valence-electron chi connectivity index (χ4n) is 2.09. The predicted molar refractivity (Wildman–Crippen MR) is 87.3 cm³/mol. The lowest BCUT2D eigenvalue weighted by Gasteiger charge is -2.05. The Morgan fingerprint density at radius 2 is 1.75 bits per heavy atom. The van der Waals surface area contributed by atoms with E-state index in [2.05, 4.69) is 31.2 Å². The van der Waals surface area contributed by atoms with Gasteiger partial charge >= 0.3 is 7.12 Å². The van der Waals surface area contributed by atoms with E-state index in [-0.39, 0.29) is 0 Å². The summed E-state index contributed by atoms with van der Waals surface area (Å²) in [4.78, 5) is 0. The van der Waals surface area contributed by atoms with Crippen LogP contribution in [0, 0.1) is 6.92 Å². The summed E-state index contributed by atoms with van der Waals surface area (Å²) in [7, 11) is -1.38. The van der Waals surface area contributed by atoms with Crippen LogP contribution in [0.25, 0.3) is 0 Å². The van der Waals surface area contributed by atoms with Crippen molar-refractivity contribution in [1.29, 1.82) is 0 Å². The van der Waals surface area contributed by atoms with Gasteiger partial charge in [-0.15, -0.1) is 0 Å². The second-order valence-electron chi connectivity index (χ2n) is 4.91. The monoisotopic (exact) mass is 286 g/mol. The zero-order valence-corrected chi connectivity index (χ0v) is 12.4. The third-order valence-corrected chi connectivity index (χ3v) is 4.17. The number of hydrogen-bond donors (Lipinski definition) is 2. The van der Waals surface area contributed by atoms with Crippen LogP contribution in [0.1, 0.15) is 16.7 Å². The van der Waals surface area contributed by atoms with Gasteiger partial charge in [-0.2, -0.15) is 11.8 Å². The van der Waals surface area contributed by atoms with E-state index in [1.54, 1.807) is 6.07 Å². The van der Waals surface area contributed by atoms with Crippen molar-refractivity contribution in [2.45, 2.75) is 19.1 Å². The van der Waals surface area contributed by atoms with Gasteiger partial charge in [-0.05, 0) is 35.7 Å². The first-order chi connectivity index (χ1) is 9.65. The summed E-state index contributed by atoms with van der Waals surface area (Å²) < 4.78 is 0. The molecule has 2 aromatic carbocycles. The Kier molecular flexibility index (Phi) is 5.71. The van der Waals surface area contributed by atoms with E-state index in [4.69, 9.17) is 10.0 Å². The molecular formula is C16H19BO2S. The quantitative estimate of drug-likeness (QED) is 0.631. The van der Waals surface area contributed by atoms with Gasteiger partial charge in [-0.1, -0.05) is 54.1 Å². The number of rotatable bonds is 6. The molecule has 0 saturated carbocycles. The Labute approximate surface area is 125 Å². The fourth-order valence-corrected chi connectivity index (χ4v) is 3.03. The summed E-state index contributed by atoms with van der Waals surface area (Å²) >= 11 is 1.90. The molecule has 0 atom stereocenters. The van der Waals surface area contributed by atoms with Crippen LogP contribution in [0.15, 0.2) is 48.5 Å². The highest BCUT2D eigenvalue weighted by Crippen LogP contribution is 2.15. The molecule has 0 unspecified atom stereocenters. The highest BCUT2D eigenvalue weighted by molar-refractivity contribution is 7.98. The van der Waals surface area contributed by atoms with Gasteiger partial charge in [0.2, 0.25) is 0 Å². The van der Waals surface area contributed by atoms with Crippen molar-refractivity contribution in [3.63, 3.8) is 0 Å². The maximum absolute atomic E-state index is 9.14. The summed E-state index contributed by atoms with van der Waals surface area (Å²) in [6.07, 6.45) is 0.942. The van der Waals surface area contributed by atoms with Gasteiger partial charge in [-0.3, -0.25) is 0 Å². The normalized spacial score (nSPS) is 10.6. The van der Waals surface area contributed by atoms with Crippen molar-refractivity contribution in [3.8, 4) is 0 Å². The van der Waals surface area contributed by atoms with Crippen molar-refractivity contribution in [2.75, 3.05) is 5.75 Å². The number of aryl methyl sites for hydroxylation is 2. The Balaban J connectivity index is 1.80. The summed E-state index contributed by atoms with van der Waals surface area (Å²) in [6, 6.07) is 16.1. The van der Waals surface area contributed by atoms with Crippen LogP contribution in [0.3, 0.4) is 0 Å². The highest BCUT2D eigenvalue weighted by Gasteiger charge is 2.10. The second kappa shape index (κ2) is 7.53. The molecule has 2 nitrogen and oxygen atoms in total. The number of benzene rings is 2. The molecule has 0 fully saturated rings. The van der Waals surface area contributed by atoms with Crippen LogP contribution < -0.4 is 5.46 Å². The molecule has 0 bridgehead atoms. The van der Waals surface area contributed by atoms with E-state index in [1.807, 2.05) is 30.0 Å². The van der Waals surface area contributed by atoms with Crippen LogP contribution in [0.5, 0.6) is 0 Å². The molecule has 0 amide bonds. The van der Waals surface area contributed by atoms with E-state index >= 15 is 0 Å². The van der Waals surface area contributed by atoms with Crippen molar-refractivity contribution < 1.29 is 10.0 Å². The van der Waals surface area contributed by atoms with Gasteiger partial charge in [0.1, 0.15) is 0 Å². The lowest BCUT2D eigenvalue weighted by molar-refractivity contribution is 0.425. The van der Waals surface area contributed by atoms with Gasteiger partial charge in [0, 0.05) is 5.75 Å². The highest BCUT2D eigenvalue weighted by atomic mass is 32.2. The van der Waals surface area contributed by atoms with Crippen LogP contribution >= 0.6 is 11.8 Å². The first-order valence-corrected chi connectivity index (χ1v) is 7.89. The Morgan fingerprint density at radius 1 is 1.00 bits per heavy atom. The average Bonchev–Trinajstić information content (AvgIpc) is 2.44. The van der Waals surface area contributed by atoms with Crippen LogP contribution in [-0.4, -0.2) is 22.9 Å². The van der Waals surface area contributed by atoms with E-state index in [0.29, 0.717) is 5.46 Å². The van der Waals surface area contributed by atoms with Crippen LogP contribution in [0.2, 0.25) is 0 Å². The minimum atomic E-state index is -1.38. The molecule has 20 heavy (non-hydrogen) atoms. The van der Waals surface area contributed by atoms with Gasteiger partial charge in [0.05, 0.1) is 0 Å². The molecule has 0 saturated heterocycles. The lowest BCUT2D eigenvalue weighted by atomic mass is 9.79. The fraction of sp³-hybridized carbons (Fsp3) is 0.250. The number of thioether (sulfide) groups is 1. The third kappa shape index (κ3) is 4.71. The smallest absolute Gasteiger partial charge is 0.423 e. The third-order valence-electron chi connectivity index (χ3n) is 3.14. The molecule has 2 rings (SSSR count). The molecule has 2 aromatic rings. The van der Waals surface area contributed by atoms with Gasteiger partial charge in [0.15, 0.2) is 0 Å². The zero-order valence-electron chi connectivity index (χ0n) is 11.6. The van der Waals surface area contributed by atoms with Crippen molar-refractivity contribution in [3.05, 3.63) is 65.2 Å². The molecule has 2 N–H and O–H groups in total. The van der Waals surface area contributed by atoms with Gasteiger partial charge in [-0.25, -0.2) is 0 Å². The topological polar surface area (TPSA) is 40.5 Å². The Hall–Kier alpha value is -1.23. The van der Waals surface area contributed by atoms with E-state index in [9.17, 15) is 0 Å². The zero-order chi connectivity index (χ0) is 14.4. The average molecular weight is 286 g/mol. The van der Waals surface area contributed by atoms with Crippen molar-refractivity contribution in [2.24, 2.45) is 0 Å². The minimum absolute atomic E-state index is 0.561. The summed E-state index contributed by atoms with van der Waals surface area (Å²) in [5.74, 6) is 2.04. The van der Waals surface area contributed by atoms with Crippen molar-refractivity contribution >= 4 is 24.3 Å². The van der Waals surface area contributed by atoms with Crippen LogP contribution in [0.4, 0.5) is 0 Å². The maximum Gasteiger partial charge on any atom is 0.488 e. The molecular weight excluding hydrogens is 267 g/mol. The van der Waals surface area contributed by atoms with Crippen molar-refractivity contribution in [1.82, 2.24) is 0 Å². The molecule has 4 heteroatoms. The molecule has 0 aliphatic rings. The summed E-state index contributed by atoms with van der Waals surface area (Å²) in [6.45, 7) is 2.11. The molecule has 104 valence electrons. The largest absolute Gasteiger partial charge is 0.488 e. The SMILES string of the molecule is Cc1cccc(CSCCc2cccc(B(O)O)c2)c1. The van der Waals surface area contributed by atoms with E-state index in [0.717, 1.165) is 23.5 Å². The first kappa shape index (κ1) is 15.2. The molecule has 0 radical (unpaired) electrons. The standard InChI is InChI=1S/C16H19BO2S/c1-13-4-2-6-15(10-13)12-20-9-8-14-5-3-7-16(11-14)17(18)19/h2-7,10-11,18-19H,8-9,12H2,1H3. The molecule has 0 aliphatic carbocycles. The lowest BCUT2D eigenvalue weighted by Crippen LogP contribution is -2.29. The Bertz CT molecular complexity index is 558. The summed E-state index contributed by atoms with van der Waals surface area (Å²) in [5.41, 5.74) is 4.36. The minimum Gasteiger partial charge on any atom is -0.423 e. The van der Waals surface area contributed by atoms with E-state index in [1.165, 1.54) is 11.1 Å². The maximum atomic E-state index is 9.14. The predicted octanol–water partition coefficient (Wildman–Crippen LogP) is 2.15. The van der Waals surface area contributed by atoms with Gasteiger partial charge in [0.25, 0.3) is 0 Å². The molecule has 0 heterocycles. The molecule has 0 aliphatic heterocycles. The molecule has 0 spiro atoms. The van der Waals surface area contributed by atoms with Crippen LogP contribution in [-0.2, 0) is 12.2 Å². The first-order valence-electron chi connectivity index (χ1n) is 6.73.